The fraction of sp³-hybridized carbons (Fsp3) is 0.300. The van der Waals surface area contributed by atoms with Crippen molar-refractivity contribution in [2.45, 2.75) is 19.5 Å². The number of nitrogens with one attached hydrogen (secondary N) is 1. The van der Waals surface area contributed by atoms with Gasteiger partial charge in [-0.1, -0.05) is 6.07 Å². The lowest BCUT2D eigenvalue weighted by molar-refractivity contribution is -0.119. The Labute approximate surface area is 93.0 Å². The Hall–Kier alpha value is -1.95. The van der Waals surface area contributed by atoms with Gasteiger partial charge >= 0.3 is 0 Å². The van der Waals surface area contributed by atoms with Crippen molar-refractivity contribution < 1.29 is 9.59 Å². The smallest absolute Gasteiger partial charge is 0.270 e. The Bertz CT molecular complexity index is 388. The molecule has 0 saturated heterocycles. The van der Waals surface area contributed by atoms with Gasteiger partial charge in [0.1, 0.15) is 11.7 Å². The van der Waals surface area contributed by atoms with Crippen molar-refractivity contribution in [1.29, 1.82) is 0 Å². The van der Waals surface area contributed by atoms with Gasteiger partial charge in [0.15, 0.2) is 0 Å². The van der Waals surface area contributed by atoms with Crippen molar-refractivity contribution in [3.8, 4) is 0 Å². The molecule has 1 heterocycles. The van der Waals surface area contributed by atoms with Crippen molar-refractivity contribution in [2.24, 2.45) is 11.5 Å². The lowest BCUT2D eigenvalue weighted by Crippen LogP contribution is -2.42. The summed E-state index contributed by atoms with van der Waals surface area (Å²) in [4.78, 5) is 26.2. The van der Waals surface area contributed by atoms with Crippen molar-refractivity contribution in [1.82, 2.24) is 10.3 Å². The highest BCUT2D eigenvalue weighted by Crippen LogP contribution is 1.99. The van der Waals surface area contributed by atoms with E-state index < -0.39 is 17.9 Å². The molecule has 1 atom stereocenters. The third kappa shape index (κ3) is 3.03. The van der Waals surface area contributed by atoms with Crippen LogP contribution in [-0.2, 0) is 11.3 Å². The highest BCUT2D eigenvalue weighted by atomic mass is 16.2. The standard InChI is InChI=1S/C10H14N4O2/c1-6(9(12)15)14-10(16)8-3-2-7(4-11)5-13-8/h2-3,5-6H,4,11H2,1H3,(H2,12,15)(H,14,16). The molecule has 6 heteroatoms. The number of amides is 2. The van der Waals surface area contributed by atoms with E-state index in [9.17, 15) is 9.59 Å². The molecule has 1 rings (SSSR count). The first-order chi connectivity index (χ1) is 7.54. The third-order valence-corrected chi connectivity index (χ3v) is 2.07. The second-order valence-electron chi connectivity index (χ2n) is 3.35. The number of hydrogen-bond donors (Lipinski definition) is 3. The molecule has 2 amide bonds. The molecule has 0 radical (unpaired) electrons. The predicted octanol–water partition coefficient (Wildman–Crippen LogP) is -0.856. The fourth-order valence-electron chi connectivity index (χ4n) is 1.02. The summed E-state index contributed by atoms with van der Waals surface area (Å²) in [7, 11) is 0. The zero-order valence-electron chi connectivity index (χ0n) is 8.93. The molecule has 0 spiro atoms. The number of pyridine rings is 1. The Balaban J connectivity index is 2.69. The molecule has 0 saturated carbocycles. The summed E-state index contributed by atoms with van der Waals surface area (Å²) in [5.74, 6) is -1.03. The van der Waals surface area contributed by atoms with E-state index in [-0.39, 0.29) is 5.69 Å². The third-order valence-electron chi connectivity index (χ3n) is 2.07. The van der Waals surface area contributed by atoms with Crippen LogP contribution in [0.3, 0.4) is 0 Å². The second-order valence-corrected chi connectivity index (χ2v) is 3.35. The Morgan fingerprint density at radius 1 is 1.50 bits per heavy atom. The van der Waals surface area contributed by atoms with Crippen LogP contribution in [-0.4, -0.2) is 22.8 Å². The first-order valence-corrected chi connectivity index (χ1v) is 4.79. The van der Waals surface area contributed by atoms with E-state index in [2.05, 4.69) is 10.3 Å². The van der Waals surface area contributed by atoms with E-state index in [0.717, 1.165) is 5.56 Å². The number of nitrogens with two attached hydrogens (primary N) is 2. The molecule has 5 N–H and O–H groups in total. The Morgan fingerprint density at radius 3 is 2.62 bits per heavy atom. The van der Waals surface area contributed by atoms with Gasteiger partial charge in [0.25, 0.3) is 5.91 Å². The van der Waals surface area contributed by atoms with Gasteiger partial charge in [-0.25, -0.2) is 0 Å². The highest BCUT2D eigenvalue weighted by Gasteiger charge is 2.14. The zero-order chi connectivity index (χ0) is 12.1. The molecular weight excluding hydrogens is 208 g/mol. The molecule has 0 fully saturated rings. The lowest BCUT2D eigenvalue weighted by Gasteiger charge is -2.09. The lowest BCUT2D eigenvalue weighted by atomic mass is 10.2. The number of aromatic nitrogens is 1. The first kappa shape index (κ1) is 12.1. The predicted molar refractivity (Wildman–Crippen MR) is 58.3 cm³/mol. The molecule has 0 aliphatic rings. The number of carbonyl (C=O) groups excluding carboxylic acids is 2. The SMILES string of the molecule is CC(NC(=O)c1ccc(CN)cn1)C(N)=O. The van der Waals surface area contributed by atoms with Crippen LogP contribution in [0.4, 0.5) is 0 Å². The summed E-state index contributed by atoms with van der Waals surface area (Å²) in [5.41, 5.74) is 11.5. The van der Waals surface area contributed by atoms with E-state index >= 15 is 0 Å². The molecule has 16 heavy (non-hydrogen) atoms. The molecule has 86 valence electrons. The van der Waals surface area contributed by atoms with Gasteiger partial charge in [-0.2, -0.15) is 0 Å². The van der Waals surface area contributed by atoms with Crippen LogP contribution in [0, 0.1) is 0 Å². The molecule has 1 aromatic heterocycles. The average Bonchev–Trinajstić information content (AvgIpc) is 2.28. The molecule has 0 aliphatic heterocycles. The summed E-state index contributed by atoms with van der Waals surface area (Å²) in [6, 6.07) is 2.53. The first-order valence-electron chi connectivity index (χ1n) is 4.79. The molecular formula is C10H14N4O2. The maximum atomic E-state index is 11.5. The van der Waals surface area contributed by atoms with E-state index in [0.29, 0.717) is 6.54 Å². The number of primary amides is 1. The minimum atomic E-state index is -0.719. The number of nitrogens with zero attached hydrogens (tertiary/aromatic N) is 1. The summed E-state index contributed by atoms with van der Waals surface area (Å²) in [6.07, 6.45) is 1.52. The molecule has 1 aromatic rings. The van der Waals surface area contributed by atoms with E-state index in [1.807, 2.05) is 0 Å². The van der Waals surface area contributed by atoms with E-state index in [1.165, 1.54) is 13.1 Å². The van der Waals surface area contributed by atoms with Gasteiger partial charge in [0, 0.05) is 12.7 Å². The summed E-state index contributed by atoms with van der Waals surface area (Å²) >= 11 is 0. The molecule has 0 aromatic carbocycles. The van der Waals surface area contributed by atoms with Gasteiger partial charge < -0.3 is 16.8 Å². The molecule has 1 unspecified atom stereocenters. The van der Waals surface area contributed by atoms with Gasteiger partial charge in [-0.3, -0.25) is 14.6 Å². The number of hydrogen-bond acceptors (Lipinski definition) is 4. The van der Waals surface area contributed by atoms with E-state index in [4.69, 9.17) is 11.5 Å². The molecule has 6 nitrogen and oxygen atoms in total. The Morgan fingerprint density at radius 2 is 2.19 bits per heavy atom. The maximum Gasteiger partial charge on any atom is 0.270 e. The number of rotatable bonds is 4. The van der Waals surface area contributed by atoms with Crippen molar-refractivity contribution >= 4 is 11.8 Å². The van der Waals surface area contributed by atoms with Crippen LogP contribution in [0.5, 0.6) is 0 Å². The van der Waals surface area contributed by atoms with Crippen molar-refractivity contribution in [3.63, 3.8) is 0 Å². The summed E-state index contributed by atoms with van der Waals surface area (Å²) < 4.78 is 0. The second kappa shape index (κ2) is 5.22. The van der Waals surface area contributed by atoms with Crippen LogP contribution in [0.25, 0.3) is 0 Å². The van der Waals surface area contributed by atoms with Crippen LogP contribution in [0.2, 0.25) is 0 Å². The topological polar surface area (TPSA) is 111 Å². The summed E-state index contributed by atoms with van der Waals surface area (Å²) in [5, 5.41) is 2.43. The normalized spacial score (nSPS) is 11.9. The van der Waals surface area contributed by atoms with E-state index in [1.54, 1.807) is 12.1 Å². The molecule has 0 bridgehead atoms. The van der Waals surface area contributed by atoms with Gasteiger partial charge in [-0.05, 0) is 18.6 Å². The van der Waals surface area contributed by atoms with Crippen LogP contribution >= 0.6 is 0 Å². The summed E-state index contributed by atoms with van der Waals surface area (Å²) in [6.45, 7) is 1.88. The zero-order valence-corrected chi connectivity index (χ0v) is 8.93. The highest BCUT2D eigenvalue weighted by molar-refractivity contribution is 5.95. The largest absolute Gasteiger partial charge is 0.368 e. The number of carbonyl (C=O) groups is 2. The minimum absolute atomic E-state index is 0.227. The molecule has 0 aliphatic carbocycles. The van der Waals surface area contributed by atoms with Crippen LogP contribution < -0.4 is 16.8 Å². The van der Waals surface area contributed by atoms with Gasteiger partial charge in [0.2, 0.25) is 5.91 Å². The van der Waals surface area contributed by atoms with Crippen LogP contribution in [0.1, 0.15) is 23.0 Å². The maximum absolute atomic E-state index is 11.5. The average molecular weight is 222 g/mol. The quantitative estimate of drug-likeness (QED) is 0.615. The fourth-order valence-corrected chi connectivity index (χ4v) is 1.02. The monoisotopic (exact) mass is 222 g/mol. The van der Waals surface area contributed by atoms with Gasteiger partial charge in [0.05, 0.1) is 0 Å². The van der Waals surface area contributed by atoms with Crippen molar-refractivity contribution in [2.75, 3.05) is 0 Å². The van der Waals surface area contributed by atoms with Crippen molar-refractivity contribution in [3.05, 3.63) is 29.6 Å². The Kier molecular flexibility index (Phi) is 3.96. The minimum Gasteiger partial charge on any atom is -0.368 e. The van der Waals surface area contributed by atoms with Gasteiger partial charge in [-0.15, -0.1) is 0 Å². The van der Waals surface area contributed by atoms with Crippen LogP contribution in [0.15, 0.2) is 18.3 Å².